The van der Waals surface area contributed by atoms with Crippen LogP contribution in [0.5, 0.6) is 0 Å². The van der Waals surface area contributed by atoms with Crippen LogP contribution in [0.25, 0.3) is 11.1 Å². The molecule has 4 rings (SSSR count). The van der Waals surface area contributed by atoms with E-state index in [0.29, 0.717) is 38.2 Å². The first-order valence-corrected chi connectivity index (χ1v) is 9.33. The molecule has 144 valence electrons. The highest BCUT2D eigenvalue weighted by Gasteiger charge is 2.20. The summed E-state index contributed by atoms with van der Waals surface area (Å²) in [6, 6.07) is 13.2. The smallest absolute Gasteiger partial charge is 0.409 e. The van der Waals surface area contributed by atoms with Crippen LogP contribution in [0.1, 0.15) is 22.3 Å². The number of hydrogen-bond donors (Lipinski definition) is 2. The lowest BCUT2D eigenvalue weighted by atomic mass is 10.00. The Bertz CT molecular complexity index is 941. The molecule has 7 heteroatoms. The van der Waals surface area contributed by atoms with Crippen molar-refractivity contribution in [3.8, 4) is 11.1 Å². The van der Waals surface area contributed by atoms with Gasteiger partial charge in [-0.2, -0.15) is 0 Å². The van der Waals surface area contributed by atoms with Gasteiger partial charge in [-0.25, -0.2) is 4.79 Å². The molecule has 7 nitrogen and oxygen atoms in total. The van der Waals surface area contributed by atoms with Crippen LogP contribution < -0.4 is 10.6 Å². The quantitative estimate of drug-likeness (QED) is 0.835. The Balaban J connectivity index is 1.41. The molecule has 1 fully saturated rings. The molecule has 0 bridgehead atoms. The molecule has 2 heterocycles. The Labute approximate surface area is 162 Å². The predicted molar refractivity (Wildman–Crippen MR) is 104 cm³/mol. The minimum atomic E-state index is -0.327. The topological polar surface area (TPSA) is 87.7 Å². The van der Waals surface area contributed by atoms with Gasteiger partial charge in [0, 0.05) is 30.9 Å². The standard InChI is InChI=1S/C21H21N3O4/c25-19-13-17-12-15(5-6-18(17)23-19)14-3-1-4-16(11-14)20(26)22-7-9-24-8-2-10-28-21(24)27/h1,3-6,11-12H,2,7-10,13H2,(H,22,26)(H,23,25). The summed E-state index contributed by atoms with van der Waals surface area (Å²) < 4.78 is 4.98. The van der Waals surface area contributed by atoms with Crippen LogP contribution in [-0.4, -0.2) is 49.0 Å². The number of carbonyl (C=O) groups is 3. The van der Waals surface area contributed by atoms with Crippen LogP contribution in [0.3, 0.4) is 0 Å². The third kappa shape index (κ3) is 3.83. The highest BCUT2D eigenvalue weighted by atomic mass is 16.6. The Kier molecular flexibility index (Phi) is 4.97. The van der Waals surface area contributed by atoms with Gasteiger partial charge >= 0.3 is 6.09 Å². The van der Waals surface area contributed by atoms with Crippen molar-refractivity contribution >= 4 is 23.6 Å². The number of nitrogens with zero attached hydrogens (tertiary/aromatic N) is 1. The van der Waals surface area contributed by atoms with Crippen LogP contribution in [0.15, 0.2) is 42.5 Å². The van der Waals surface area contributed by atoms with E-state index < -0.39 is 0 Å². The number of amides is 3. The first-order valence-electron chi connectivity index (χ1n) is 9.33. The molecule has 2 aromatic carbocycles. The monoisotopic (exact) mass is 379 g/mol. The maximum atomic E-state index is 12.5. The van der Waals surface area contributed by atoms with Crippen LogP contribution in [0.2, 0.25) is 0 Å². The van der Waals surface area contributed by atoms with E-state index in [2.05, 4.69) is 10.6 Å². The lowest BCUT2D eigenvalue weighted by Crippen LogP contribution is -2.42. The maximum absolute atomic E-state index is 12.5. The van der Waals surface area contributed by atoms with E-state index in [-0.39, 0.29) is 17.9 Å². The molecule has 28 heavy (non-hydrogen) atoms. The van der Waals surface area contributed by atoms with Crippen molar-refractivity contribution in [2.45, 2.75) is 12.8 Å². The van der Waals surface area contributed by atoms with Crippen LogP contribution in [0, 0.1) is 0 Å². The van der Waals surface area contributed by atoms with Gasteiger partial charge in [0.25, 0.3) is 5.91 Å². The van der Waals surface area contributed by atoms with E-state index in [1.807, 2.05) is 36.4 Å². The lowest BCUT2D eigenvalue weighted by molar-refractivity contribution is -0.115. The molecule has 2 aliphatic rings. The van der Waals surface area contributed by atoms with Crippen molar-refractivity contribution in [3.63, 3.8) is 0 Å². The average Bonchev–Trinajstić information content (AvgIpc) is 3.08. The van der Waals surface area contributed by atoms with Gasteiger partial charge < -0.3 is 20.3 Å². The van der Waals surface area contributed by atoms with Gasteiger partial charge in [0.1, 0.15) is 0 Å². The molecular weight excluding hydrogens is 358 g/mol. The predicted octanol–water partition coefficient (Wildman–Crippen LogP) is 2.42. The van der Waals surface area contributed by atoms with E-state index in [0.717, 1.165) is 28.8 Å². The van der Waals surface area contributed by atoms with Gasteiger partial charge in [0.2, 0.25) is 5.91 Å². The number of nitrogens with one attached hydrogen (secondary N) is 2. The fourth-order valence-electron chi connectivity index (χ4n) is 3.46. The summed E-state index contributed by atoms with van der Waals surface area (Å²) >= 11 is 0. The third-order valence-corrected chi connectivity index (χ3v) is 4.91. The molecule has 1 saturated heterocycles. The van der Waals surface area contributed by atoms with E-state index in [1.165, 1.54) is 0 Å². The largest absolute Gasteiger partial charge is 0.449 e. The van der Waals surface area contributed by atoms with Gasteiger partial charge in [-0.05, 0) is 47.4 Å². The summed E-state index contributed by atoms with van der Waals surface area (Å²) in [5, 5.41) is 5.67. The number of anilines is 1. The van der Waals surface area contributed by atoms with Gasteiger partial charge in [0.15, 0.2) is 0 Å². The zero-order valence-corrected chi connectivity index (χ0v) is 15.4. The first kappa shape index (κ1) is 18.0. The number of cyclic esters (lactones) is 1. The van der Waals surface area contributed by atoms with Crippen molar-refractivity contribution in [1.82, 2.24) is 10.2 Å². The molecular formula is C21H21N3O4. The number of ether oxygens (including phenoxy) is 1. The van der Waals surface area contributed by atoms with Crippen molar-refractivity contribution in [1.29, 1.82) is 0 Å². The summed E-state index contributed by atoms with van der Waals surface area (Å²) in [6.45, 7) is 1.90. The normalized spacial score (nSPS) is 15.6. The van der Waals surface area contributed by atoms with Gasteiger partial charge in [-0.3, -0.25) is 9.59 Å². The highest BCUT2D eigenvalue weighted by molar-refractivity contribution is 6.00. The molecule has 3 amide bonds. The summed E-state index contributed by atoms with van der Waals surface area (Å²) in [6.07, 6.45) is 0.860. The molecule has 2 aliphatic heterocycles. The fraction of sp³-hybridized carbons (Fsp3) is 0.286. The highest BCUT2D eigenvalue weighted by Crippen LogP contribution is 2.29. The zero-order chi connectivity index (χ0) is 19.5. The third-order valence-electron chi connectivity index (χ3n) is 4.91. The zero-order valence-electron chi connectivity index (χ0n) is 15.4. The Morgan fingerprint density at radius 1 is 1.14 bits per heavy atom. The van der Waals surface area contributed by atoms with E-state index >= 15 is 0 Å². The molecule has 0 radical (unpaired) electrons. The minimum Gasteiger partial charge on any atom is -0.449 e. The summed E-state index contributed by atoms with van der Waals surface area (Å²) in [7, 11) is 0. The molecule has 0 aliphatic carbocycles. The van der Waals surface area contributed by atoms with Crippen LogP contribution in [0.4, 0.5) is 10.5 Å². The Morgan fingerprint density at radius 3 is 2.86 bits per heavy atom. The first-order chi connectivity index (χ1) is 13.6. The molecule has 0 atom stereocenters. The average molecular weight is 379 g/mol. The van der Waals surface area contributed by atoms with E-state index in [1.54, 1.807) is 11.0 Å². The van der Waals surface area contributed by atoms with Crippen molar-refractivity contribution in [2.75, 3.05) is 31.6 Å². The molecule has 2 aromatic rings. The molecule has 2 N–H and O–H groups in total. The van der Waals surface area contributed by atoms with Crippen LogP contribution in [-0.2, 0) is 16.0 Å². The number of hydrogen-bond acceptors (Lipinski definition) is 4. The second kappa shape index (κ2) is 7.72. The Hall–Kier alpha value is -3.35. The van der Waals surface area contributed by atoms with Gasteiger partial charge in [-0.1, -0.05) is 18.2 Å². The van der Waals surface area contributed by atoms with Crippen LogP contribution >= 0.6 is 0 Å². The lowest BCUT2D eigenvalue weighted by Gasteiger charge is -2.26. The van der Waals surface area contributed by atoms with E-state index in [4.69, 9.17) is 4.74 Å². The second-order valence-electron chi connectivity index (χ2n) is 6.89. The molecule has 0 saturated carbocycles. The van der Waals surface area contributed by atoms with Gasteiger partial charge in [0.05, 0.1) is 13.0 Å². The number of rotatable bonds is 5. The number of carbonyl (C=O) groups excluding carboxylic acids is 3. The van der Waals surface area contributed by atoms with Crippen molar-refractivity contribution in [2.24, 2.45) is 0 Å². The number of benzene rings is 2. The molecule has 0 aromatic heterocycles. The van der Waals surface area contributed by atoms with Gasteiger partial charge in [-0.15, -0.1) is 0 Å². The maximum Gasteiger partial charge on any atom is 0.409 e. The Morgan fingerprint density at radius 2 is 2.00 bits per heavy atom. The summed E-state index contributed by atoms with van der Waals surface area (Å²) in [4.78, 5) is 37.2. The molecule has 0 unspecified atom stereocenters. The second-order valence-corrected chi connectivity index (χ2v) is 6.89. The van der Waals surface area contributed by atoms with E-state index in [9.17, 15) is 14.4 Å². The summed E-state index contributed by atoms with van der Waals surface area (Å²) in [5.74, 6) is -0.192. The SMILES string of the molecule is O=C1Cc2cc(-c3cccc(C(=O)NCCN4CCCOC4=O)c3)ccc2N1. The van der Waals surface area contributed by atoms with Crippen molar-refractivity contribution < 1.29 is 19.1 Å². The number of fused-ring (bicyclic) bond motifs is 1. The minimum absolute atomic E-state index is 0.00198. The van der Waals surface area contributed by atoms with Crippen molar-refractivity contribution in [3.05, 3.63) is 53.6 Å². The summed E-state index contributed by atoms with van der Waals surface area (Å²) in [5.41, 5.74) is 4.23. The molecule has 0 spiro atoms. The fourth-order valence-corrected chi connectivity index (χ4v) is 3.46.